The summed E-state index contributed by atoms with van der Waals surface area (Å²) in [6.07, 6.45) is 0.711. The van der Waals surface area contributed by atoms with Crippen LogP contribution in [0.2, 0.25) is 0 Å². The number of rotatable bonds is 4. The highest BCUT2D eigenvalue weighted by Crippen LogP contribution is 2.28. The van der Waals surface area contributed by atoms with Gasteiger partial charge in [0.2, 0.25) is 0 Å². The second-order valence-electron chi connectivity index (χ2n) is 4.32. The average molecular weight is 263 g/mol. The molecular weight excluding hydrogens is 248 g/mol. The first-order chi connectivity index (χ1) is 9.10. The summed E-state index contributed by atoms with van der Waals surface area (Å²) in [7, 11) is 0. The third kappa shape index (κ3) is 3.29. The number of ether oxygens (including phenoxy) is 1. The van der Waals surface area contributed by atoms with Gasteiger partial charge in [-0.15, -0.1) is 0 Å². The molecule has 2 nitrogen and oxygen atoms in total. The summed E-state index contributed by atoms with van der Waals surface area (Å²) in [6, 6.07) is 8.75. The molecule has 19 heavy (non-hydrogen) atoms. The van der Waals surface area contributed by atoms with E-state index in [4.69, 9.17) is 10.5 Å². The number of aryl methyl sites for hydroxylation is 1. The third-order valence-corrected chi connectivity index (χ3v) is 2.80. The van der Waals surface area contributed by atoms with E-state index in [-0.39, 0.29) is 5.75 Å². The zero-order chi connectivity index (χ0) is 13.8. The standard InChI is InChI=1S/C15H15F2NO/c1-10-2-3-11(6-7-18)8-14(10)19-15-9-12(16)4-5-13(15)17/h2-5,8-9H,6-7,18H2,1H3. The minimum Gasteiger partial charge on any atom is -0.454 e. The normalized spacial score (nSPS) is 10.5. The smallest absolute Gasteiger partial charge is 0.165 e. The summed E-state index contributed by atoms with van der Waals surface area (Å²) in [6.45, 7) is 2.37. The Hall–Kier alpha value is -1.94. The monoisotopic (exact) mass is 263 g/mol. The molecule has 0 saturated carbocycles. The Morgan fingerprint density at radius 2 is 1.84 bits per heavy atom. The molecular formula is C15H15F2NO. The lowest BCUT2D eigenvalue weighted by atomic mass is 10.1. The van der Waals surface area contributed by atoms with Crippen LogP contribution in [0.15, 0.2) is 36.4 Å². The predicted octanol–water partition coefficient (Wildman–Crippen LogP) is 3.57. The average Bonchev–Trinajstić information content (AvgIpc) is 2.38. The van der Waals surface area contributed by atoms with Gasteiger partial charge in [0.1, 0.15) is 11.6 Å². The van der Waals surface area contributed by atoms with Crippen LogP contribution in [0.25, 0.3) is 0 Å². The fourth-order valence-corrected chi connectivity index (χ4v) is 1.75. The van der Waals surface area contributed by atoms with Crippen molar-refractivity contribution in [3.05, 3.63) is 59.2 Å². The molecule has 0 aliphatic heterocycles. The highest BCUT2D eigenvalue weighted by atomic mass is 19.1. The molecule has 0 aromatic heterocycles. The highest BCUT2D eigenvalue weighted by Gasteiger charge is 2.09. The van der Waals surface area contributed by atoms with Gasteiger partial charge in [0, 0.05) is 6.07 Å². The summed E-state index contributed by atoms with van der Waals surface area (Å²) in [4.78, 5) is 0. The van der Waals surface area contributed by atoms with Crippen LogP contribution < -0.4 is 10.5 Å². The van der Waals surface area contributed by atoms with E-state index < -0.39 is 11.6 Å². The molecule has 0 fully saturated rings. The first-order valence-corrected chi connectivity index (χ1v) is 6.02. The maximum atomic E-state index is 13.5. The summed E-state index contributed by atoms with van der Waals surface area (Å²) < 4.78 is 32.1. The third-order valence-electron chi connectivity index (χ3n) is 2.80. The predicted molar refractivity (Wildman–Crippen MR) is 70.4 cm³/mol. The molecule has 0 unspecified atom stereocenters. The van der Waals surface area contributed by atoms with Gasteiger partial charge in [-0.2, -0.15) is 0 Å². The van der Waals surface area contributed by atoms with Crippen LogP contribution in [0.1, 0.15) is 11.1 Å². The van der Waals surface area contributed by atoms with Gasteiger partial charge in [0.05, 0.1) is 0 Å². The van der Waals surface area contributed by atoms with Crippen molar-refractivity contribution >= 4 is 0 Å². The summed E-state index contributed by atoms with van der Waals surface area (Å²) in [5.74, 6) is -0.736. The maximum Gasteiger partial charge on any atom is 0.165 e. The zero-order valence-electron chi connectivity index (χ0n) is 10.6. The molecule has 100 valence electrons. The first kappa shape index (κ1) is 13.5. The van der Waals surface area contributed by atoms with Crippen molar-refractivity contribution in [2.24, 2.45) is 5.73 Å². The molecule has 0 spiro atoms. The lowest BCUT2D eigenvalue weighted by Gasteiger charge is -2.11. The number of nitrogens with two attached hydrogens (primary N) is 1. The topological polar surface area (TPSA) is 35.2 Å². The molecule has 0 heterocycles. The Morgan fingerprint density at radius 1 is 1.05 bits per heavy atom. The fraction of sp³-hybridized carbons (Fsp3) is 0.200. The van der Waals surface area contributed by atoms with Gasteiger partial charge in [-0.1, -0.05) is 12.1 Å². The minimum absolute atomic E-state index is 0.118. The molecule has 2 N–H and O–H groups in total. The first-order valence-electron chi connectivity index (χ1n) is 6.02. The SMILES string of the molecule is Cc1ccc(CCN)cc1Oc1cc(F)ccc1F. The molecule has 0 bridgehead atoms. The number of hydrogen-bond acceptors (Lipinski definition) is 2. The van der Waals surface area contributed by atoms with Crippen molar-refractivity contribution in [3.8, 4) is 11.5 Å². The van der Waals surface area contributed by atoms with E-state index >= 15 is 0 Å². The number of halogens is 2. The molecule has 0 aliphatic rings. The Labute approximate surface area is 110 Å². The van der Waals surface area contributed by atoms with Crippen molar-refractivity contribution in [1.82, 2.24) is 0 Å². The van der Waals surface area contributed by atoms with E-state index in [1.165, 1.54) is 0 Å². The van der Waals surface area contributed by atoms with Gasteiger partial charge < -0.3 is 10.5 Å². The van der Waals surface area contributed by atoms with Gasteiger partial charge in [0.25, 0.3) is 0 Å². The van der Waals surface area contributed by atoms with Gasteiger partial charge in [-0.3, -0.25) is 0 Å². The van der Waals surface area contributed by atoms with Crippen LogP contribution in [0.3, 0.4) is 0 Å². The van der Waals surface area contributed by atoms with Crippen molar-refractivity contribution in [1.29, 1.82) is 0 Å². The molecule has 2 aromatic rings. The molecule has 0 saturated heterocycles. The molecule has 2 rings (SSSR count). The van der Waals surface area contributed by atoms with Crippen molar-refractivity contribution < 1.29 is 13.5 Å². The van der Waals surface area contributed by atoms with E-state index in [9.17, 15) is 8.78 Å². The maximum absolute atomic E-state index is 13.5. The molecule has 0 amide bonds. The molecule has 4 heteroatoms. The van der Waals surface area contributed by atoms with E-state index in [2.05, 4.69) is 0 Å². The van der Waals surface area contributed by atoms with Crippen LogP contribution in [0.5, 0.6) is 11.5 Å². The summed E-state index contributed by atoms with van der Waals surface area (Å²) in [5.41, 5.74) is 7.35. The second kappa shape index (κ2) is 5.80. The summed E-state index contributed by atoms with van der Waals surface area (Å²) >= 11 is 0. The highest BCUT2D eigenvalue weighted by molar-refractivity contribution is 5.40. The lowest BCUT2D eigenvalue weighted by molar-refractivity contribution is 0.433. The van der Waals surface area contributed by atoms with E-state index in [1.807, 2.05) is 19.1 Å². The largest absolute Gasteiger partial charge is 0.454 e. The van der Waals surface area contributed by atoms with Crippen LogP contribution >= 0.6 is 0 Å². The van der Waals surface area contributed by atoms with Gasteiger partial charge in [0.15, 0.2) is 11.6 Å². The van der Waals surface area contributed by atoms with Crippen LogP contribution in [-0.2, 0) is 6.42 Å². The number of benzene rings is 2. The molecule has 0 radical (unpaired) electrons. The Balaban J connectivity index is 2.31. The Bertz CT molecular complexity index is 584. The van der Waals surface area contributed by atoms with Gasteiger partial charge >= 0.3 is 0 Å². The van der Waals surface area contributed by atoms with E-state index in [1.54, 1.807) is 6.07 Å². The van der Waals surface area contributed by atoms with Crippen LogP contribution in [-0.4, -0.2) is 6.54 Å². The van der Waals surface area contributed by atoms with Crippen molar-refractivity contribution in [3.63, 3.8) is 0 Å². The van der Waals surface area contributed by atoms with Crippen molar-refractivity contribution in [2.45, 2.75) is 13.3 Å². The van der Waals surface area contributed by atoms with Crippen LogP contribution in [0, 0.1) is 18.6 Å². The van der Waals surface area contributed by atoms with Crippen molar-refractivity contribution in [2.75, 3.05) is 6.54 Å². The summed E-state index contributed by atoms with van der Waals surface area (Å²) in [5, 5.41) is 0. The lowest BCUT2D eigenvalue weighted by Crippen LogP contribution is -2.03. The number of hydrogen-bond donors (Lipinski definition) is 1. The molecule has 0 aliphatic carbocycles. The molecule has 0 atom stereocenters. The molecule has 2 aromatic carbocycles. The Kier molecular flexibility index (Phi) is 4.12. The quantitative estimate of drug-likeness (QED) is 0.915. The van der Waals surface area contributed by atoms with Crippen LogP contribution in [0.4, 0.5) is 8.78 Å². The van der Waals surface area contributed by atoms with E-state index in [0.717, 1.165) is 29.3 Å². The van der Waals surface area contributed by atoms with Gasteiger partial charge in [-0.05, 0) is 49.2 Å². The van der Waals surface area contributed by atoms with E-state index in [0.29, 0.717) is 18.7 Å². The second-order valence-corrected chi connectivity index (χ2v) is 4.32. The fourth-order valence-electron chi connectivity index (χ4n) is 1.75. The minimum atomic E-state index is -0.593. The zero-order valence-corrected chi connectivity index (χ0v) is 10.6. The Morgan fingerprint density at radius 3 is 2.58 bits per heavy atom. The van der Waals surface area contributed by atoms with Gasteiger partial charge in [-0.25, -0.2) is 8.78 Å².